The van der Waals surface area contributed by atoms with Gasteiger partial charge in [-0.2, -0.15) is 4.98 Å². The number of aromatic nitrogens is 2. The van der Waals surface area contributed by atoms with Gasteiger partial charge in [0.25, 0.3) is 5.91 Å². The average molecular weight is 317 g/mol. The van der Waals surface area contributed by atoms with E-state index in [1.807, 2.05) is 0 Å². The van der Waals surface area contributed by atoms with Crippen LogP contribution in [0.1, 0.15) is 28.5 Å². The van der Waals surface area contributed by atoms with E-state index in [9.17, 15) is 4.79 Å². The minimum atomic E-state index is -0.0859. The first-order valence-corrected chi connectivity index (χ1v) is 7.59. The lowest BCUT2D eigenvalue weighted by atomic mass is 10.1. The van der Waals surface area contributed by atoms with Crippen molar-refractivity contribution in [2.75, 3.05) is 19.8 Å². The molecular weight excluding hydrogens is 298 g/mol. The number of benzene rings is 1. The van der Waals surface area contributed by atoms with E-state index in [-0.39, 0.29) is 12.5 Å². The summed E-state index contributed by atoms with van der Waals surface area (Å²) in [5, 5.41) is 6.68. The van der Waals surface area contributed by atoms with Crippen molar-refractivity contribution >= 4 is 5.91 Å². The van der Waals surface area contributed by atoms with Gasteiger partial charge in [-0.25, -0.2) is 0 Å². The Balaban J connectivity index is 1.48. The lowest BCUT2D eigenvalue weighted by molar-refractivity contribution is 0.0945. The highest BCUT2D eigenvalue weighted by molar-refractivity contribution is 5.94. The number of ether oxygens (including phenoxy) is 2. The highest BCUT2D eigenvalue weighted by atomic mass is 16.5. The van der Waals surface area contributed by atoms with Gasteiger partial charge in [-0.3, -0.25) is 4.79 Å². The Morgan fingerprint density at radius 3 is 2.87 bits per heavy atom. The molecule has 23 heavy (non-hydrogen) atoms. The second-order valence-electron chi connectivity index (χ2n) is 5.48. The van der Waals surface area contributed by atoms with E-state index in [4.69, 9.17) is 14.0 Å². The Kier molecular flexibility index (Phi) is 4.87. The van der Waals surface area contributed by atoms with E-state index >= 15 is 0 Å². The fraction of sp³-hybridized carbons (Fsp3) is 0.438. The molecule has 1 atom stereocenters. The second-order valence-corrected chi connectivity index (χ2v) is 5.48. The zero-order valence-electron chi connectivity index (χ0n) is 12.9. The van der Waals surface area contributed by atoms with E-state index in [0.29, 0.717) is 35.5 Å². The Hall–Kier alpha value is -2.41. The van der Waals surface area contributed by atoms with Gasteiger partial charge in [0, 0.05) is 31.6 Å². The van der Waals surface area contributed by atoms with Crippen LogP contribution in [0.25, 0.3) is 0 Å². The van der Waals surface area contributed by atoms with E-state index in [1.165, 1.54) is 0 Å². The highest BCUT2D eigenvalue weighted by Gasteiger charge is 2.16. The number of rotatable bonds is 6. The maximum Gasteiger partial charge on any atom is 0.251 e. The van der Waals surface area contributed by atoms with E-state index in [1.54, 1.807) is 31.2 Å². The van der Waals surface area contributed by atoms with Crippen LogP contribution in [0, 0.1) is 12.8 Å². The third-order valence-corrected chi connectivity index (χ3v) is 3.63. The number of amides is 1. The number of nitrogens with one attached hydrogen (secondary N) is 1. The SMILES string of the molecule is Cc1nc(COc2ccc(C(=O)NC[C@@H]3CCOC3)cc2)no1. The molecule has 1 amide bonds. The van der Waals surface area contributed by atoms with Crippen LogP contribution in [0.15, 0.2) is 28.8 Å². The molecule has 0 unspecified atom stereocenters. The lowest BCUT2D eigenvalue weighted by Gasteiger charge is -2.10. The molecule has 1 aliphatic heterocycles. The molecule has 0 radical (unpaired) electrons. The fourth-order valence-corrected chi connectivity index (χ4v) is 2.33. The van der Waals surface area contributed by atoms with E-state index in [0.717, 1.165) is 19.6 Å². The van der Waals surface area contributed by atoms with Crippen molar-refractivity contribution in [1.29, 1.82) is 0 Å². The smallest absolute Gasteiger partial charge is 0.251 e. The molecule has 2 heterocycles. The van der Waals surface area contributed by atoms with Crippen molar-refractivity contribution in [3.05, 3.63) is 41.5 Å². The van der Waals surface area contributed by atoms with Gasteiger partial charge < -0.3 is 19.3 Å². The minimum Gasteiger partial charge on any atom is -0.485 e. The molecule has 0 aliphatic carbocycles. The van der Waals surface area contributed by atoms with Crippen LogP contribution in [0.5, 0.6) is 5.75 Å². The summed E-state index contributed by atoms with van der Waals surface area (Å²) >= 11 is 0. The van der Waals surface area contributed by atoms with Crippen molar-refractivity contribution in [2.45, 2.75) is 20.0 Å². The number of aryl methyl sites for hydroxylation is 1. The molecule has 1 fully saturated rings. The molecule has 7 nitrogen and oxygen atoms in total. The summed E-state index contributed by atoms with van der Waals surface area (Å²) in [6.45, 7) is 4.11. The van der Waals surface area contributed by atoms with Crippen molar-refractivity contribution in [3.63, 3.8) is 0 Å². The van der Waals surface area contributed by atoms with E-state index in [2.05, 4.69) is 15.5 Å². The molecule has 7 heteroatoms. The zero-order chi connectivity index (χ0) is 16.1. The minimum absolute atomic E-state index is 0.0859. The van der Waals surface area contributed by atoms with Crippen molar-refractivity contribution in [3.8, 4) is 5.75 Å². The monoisotopic (exact) mass is 317 g/mol. The summed E-state index contributed by atoms with van der Waals surface area (Å²) in [5.41, 5.74) is 0.603. The molecular formula is C16H19N3O4. The van der Waals surface area contributed by atoms with Gasteiger partial charge in [0.2, 0.25) is 11.7 Å². The maximum atomic E-state index is 12.1. The first kappa shape index (κ1) is 15.5. The zero-order valence-corrected chi connectivity index (χ0v) is 12.9. The number of carbonyl (C=O) groups excluding carboxylic acids is 1. The number of hydrogen-bond acceptors (Lipinski definition) is 6. The summed E-state index contributed by atoms with van der Waals surface area (Å²) in [6.07, 6.45) is 1.00. The van der Waals surface area contributed by atoms with Crippen LogP contribution < -0.4 is 10.1 Å². The van der Waals surface area contributed by atoms with Gasteiger partial charge in [0.1, 0.15) is 5.75 Å². The normalized spacial score (nSPS) is 17.2. The van der Waals surface area contributed by atoms with Crippen LogP contribution in [-0.4, -0.2) is 35.8 Å². The predicted molar refractivity (Wildman–Crippen MR) is 81.1 cm³/mol. The van der Waals surface area contributed by atoms with Crippen LogP contribution >= 0.6 is 0 Å². The quantitative estimate of drug-likeness (QED) is 0.873. The van der Waals surface area contributed by atoms with Crippen molar-refractivity contribution < 1.29 is 18.8 Å². The highest BCUT2D eigenvalue weighted by Crippen LogP contribution is 2.14. The third kappa shape index (κ3) is 4.29. The predicted octanol–water partition coefficient (Wildman–Crippen LogP) is 1.72. The van der Waals surface area contributed by atoms with Crippen LogP contribution in [0.2, 0.25) is 0 Å². The molecule has 122 valence electrons. The first-order chi connectivity index (χ1) is 11.2. The Morgan fingerprint density at radius 1 is 1.39 bits per heavy atom. The molecule has 0 saturated carbocycles. The number of nitrogens with zero attached hydrogens (tertiary/aromatic N) is 2. The molecule has 0 bridgehead atoms. The Bertz CT molecular complexity index is 648. The van der Waals surface area contributed by atoms with Crippen molar-refractivity contribution in [2.24, 2.45) is 5.92 Å². The molecule has 0 spiro atoms. The molecule has 1 aromatic heterocycles. The number of carbonyl (C=O) groups is 1. The number of hydrogen-bond donors (Lipinski definition) is 1. The van der Waals surface area contributed by atoms with Gasteiger partial charge >= 0.3 is 0 Å². The van der Waals surface area contributed by atoms with Gasteiger partial charge in [-0.05, 0) is 30.7 Å². The van der Waals surface area contributed by atoms with Crippen LogP contribution in [0.4, 0.5) is 0 Å². The lowest BCUT2D eigenvalue weighted by Crippen LogP contribution is -2.29. The summed E-state index contributed by atoms with van der Waals surface area (Å²) in [5.74, 6) is 1.97. The summed E-state index contributed by atoms with van der Waals surface area (Å²) in [7, 11) is 0. The molecule has 1 aliphatic rings. The van der Waals surface area contributed by atoms with Gasteiger partial charge in [0.05, 0.1) is 6.61 Å². The Labute approximate surface area is 134 Å². The van der Waals surface area contributed by atoms with Crippen LogP contribution in [-0.2, 0) is 11.3 Å². The van der Waals surface area contributed by atoms with E-state index < -0.39 is 0 Å². The summed E-state index contributed by atoms with van der Waals surface area (Å²) in [4.78, 5) is 16.1. The third-order valence-electron chi connectivity index (χ3n) is 3.63. The summed E-state index contributed by atoms with van der Waals surface area (Å²) in [6, 6.07) is 6.97. The fourth-order valence-electron chi connectivity index (χ4n) is 2.33. The molecule has 2 aromatic rings. The van der Waals surface area contributed by atoms with Crippen molar-refractivity contribution in [1.82, 2.24) is 15.5 Å². The maximum absolute atomic E-state index is 12.1. The first-order valence-electron chi connectivity index (χ1n) is 7.59. The molecule has 1 saturated heterocycles. The van der Waals surface area contributed by atoms with Gasteiger partial charge in [0.15, 0.2) is 6.61 Å². The average Bonchev–Trinajstić information content (AvgIpc) is 3.22. The van der Waals surface area contributed by atoms with Crippen LogP contribution in [0.3, 0.4) is 0 Å². The molecule has 3 rings (SSSR count). The summed E-state index contributed by atoms with van der Waals surface area (Å²) < 4.78 is 15.7. The van der Waals surface area contributed by atoms with Gasteiger partial charge in [-0.15, -0.1) is 0 Å². The standard InChI is InChI=1S/C16H19N3O4/c1-11-18-15(19-23-11)10-22-14-4-2-13(3-5-14)16(20)17-8-12-6-7-21-9-12/h2-5,12H,6-10H2,1H3,(H,17,20)/t12-/m0/s1. The van der Waals surface area contributed by atoms with Gasteiger partial charge in [-0.1, -0.05) is 5.16 Å². The topological polar surface area (TPSA) is 86.5 Å². The molecule has 1 N–H and O–H groups in total. The second kappa shape index (κ2) is 7.23. The molecule has 1 aromatic carbocycles. The largest absolute Gasteiger partial charge is 0.485 e. The Morgan fingerprint density at radius 2 is 2.22 bits per heavy atom.